The Bertz CT molecular complexity index is 970. The van der Waals surface area contributed by atoms with Gasteiger partial charge in [0.15, 0.2) is 11.4 Å². The molecule has 0 fully saturated rings. The maximum Gasteiger partial charge on any atom is 0.281 e. The summed E-state index contributed by atoms with van der Waals surface area (Å²) in [4.78, 5) is 28.5. The van der Waals surface area contributed by atoms with Gasteiger partial charge in [-0.05, 0) is 24.3 Å². The Labute approximate surface area is 142 Å². The van der Waals surface area contributed by atoms with Crippen molar-refractivity contribution in [2.45, 2.75) is 0 Å². The van der Waals surface area contributed by atoms with E-state index >= 15 is 0 Å². The fourth-order valence-electron chi connectivity index (χ4n) is 2.20. The minimum absolute atomic E-state index is 0.295. The molecule has 0 bridgehead atoms. The van der Waals surface area contributed by atoms with Crippen LogP contribution in [-0.2, 0) is 0 Å². The summed E-state index contributed by atoms with van der Waals surface area (Å²) >= 11 is 0. The molecular weight excluding hydrogens is 324 g/mol. The topological polar surface area (TPSA) is 106 Å². The van der Waals surface area contributed by atoms with Crippen LogP contribution in [0.5, 0.6) is 11.5 Å². The SMILES string of the molecule is COc1ccccc1-n1nc(C(=O)Nc2ccccn2)c(O)cc1=O. The van der Waals surface area contributed by atoms with Crippen molar-refractivity contribution < 1.29 is 14.6 Å². The number of aromatic hydroxyl groups is 1. The van der Waals surface area contributed by atoms with E-state index in [0.717, 1.165) is 10.7 Å². The third-order valence-electron chi connectivity index (χ3n) is 3.35. The van der Waals surface area contributed by atoms with Crippen molar-refractivity contribution in [3.8, 4) is 17.2 Å². The molecule has 0 saturated heterocycles. The molecule has 0 unspecified atom stereocenters. The number of ether oxygens (including phenoxy) is 1. The highest BCUT2D eigenvalue weighted by Crippen LogP contribution is 2.21. The van der Waals surface area contributed by atoms with Crippen molar-refractivity contribution in [1.29, 1.82) is 0 Å². The zero-order valence-corrected chi connectivity index (χ0v) is 13.2. The van der Waals surface area contributed by atoms with E-state index < -0.39 is 17.2 Å². The van der Waals surface area contributed by atoms with Gasteiger partial charge >= 0.3 is 0 Å². The van der Waals surface area contributed by atoms with Gasteiger partial charge in [-0.15, -0.1) is 0 Å². The van der Waals surface area contributed by atoms with Gasteiger partial charge in [-0.1, -0.05) is 18.2 Å². The second-order valence-electron chi connectivity index (χ2n) is 4.97. The van der Waals surface area contributed by atoms with Crippen molar-refractivity contribution in [3.63, 3.8) is 0 Å². The number of benzene rings is 1. The van der Waals surface area contributed by atoms with Gasteiger partial charge in [0.2, 0.25) is 0 Å². The number of nitrogens with zero attached hydrogens (tertiary/aromatic N) is 3. The number of carbonyl (C=O) groups excluding carboxylic acids is 1. The Kier molecular flexibility index (Phi) is 4.42. The van der Waals surface area contributed by atoms with Gasteiger partial charge in [0.1, 0.15) is 17.3 Å². The number of nitrogens with one attached hydrogen (secondary N) is 1. The molecule has 1 amide bonds. The Hall–Kier alpha value is -3.68. The lowest BCUT2D eigenvalue weighted by molar-refractivity contribution is 0.101. The maximum atomic E-state index is 12.4. The zero-order chi connectivity index (χ0) is 17.8. The minimum atomic E-state index is -0.695. The van der Waals surface area contributed by atoms with Crippen LogP contribution in [0.1, 0.15) is 10.5 Å². The normalized spacial score (nSPS) is 10.3. The summed E-state index contributed by atoms with van der Waals surface area (Å²) in [6, 6.07) is 12.6. The molecular formula is C17H14N4O4. The third kappa shape index (κ3) is 3.32. The fraction of sp³-hybridized carbons (Fsp3) is 0.0588. The van der Waals surface area contributed by atoms with Crippen LogP contribution in [0, 0.1) is 0 Å². The molecule has 0 radical (unpaired) electrons. The van der Waals surface area contributed by atoms with E-state index in [4.69, 9.17) is 4.74 Å². The molecule has 0 atom stereocenters. The third-order valence-corrected chi connectivity index (χ3v) is 3.35. The molecule has 1 aromatic carbocycles. The number of para-hydroxylation sites is 2. The van der Waals surface area contributed by atoms with Gasteiger partial charge in [-0.3, -0.25) is 9.59 Å². The fourth-order valence-corrected chi connectivity index (χ4v) is 2.20. The number of hydrogen-bond acceptors (Lipinski definition) is 6. The standard InChI is InChI=1S/C17H14N4O4/c1-25-13-7-3-2-6-11(13)21-15(23)10-12(22)16(20-21)17(24)19-14-8-4-5-9-18-14/h2-10,22H,1H3,(H,18,19,24). The van der Waals surface area contributed by atoms with Crippen LogP contribution < -0.4 is 15.6 Å². The van der Waals surface area contributed by atoms with Crippen molar-refractivity contribution in [3.05, 3.63) is 70.8 Å². The summed E-state index contributed by atoms with van der Waals surface area (Å²) in [5, 5.41) is 16.4. The monoisotopic (exact) mass is 338 g/mol. The lowest BCUT2D eigenvalue weighted by Crippen LogP contribution is -2.25. The lowest BCUT2D eigenvalue weighted by Gasteiger charge is -2.11. The van der Waals surface area contributed by atoms with Crippen molar-refractivity contribution in [2.75, 3.05) is 12.4 Å². The highest BCUT2D eigenvalue weighted by Gasteiger charge is 2.18. The molecule has 8 heteroatoms. The second kappa shape index (κ2) is 6.83. The minimum Gasteiger partial charge on any atom is -0.505 e. The van der Waals surface area contributed by atoms with Gasteiger partial charge in [0.25, 0.3) is 11.5 Å². The van der Waals surface area contributed by atoms with Gasteiger partial charge in [0.05, 0.1) is 7.11 Å². The van der Waals surface area contributed by atoms with E-state index in [-0.39, 0.29) is 5.69 Å². The van der Waals surface area contributed by atoms with E-state index in [1.807, 2.05) is 0 Å². The van der Waals surface area contributed by atoms with E-state index in [1.54, 1.807) is 42.5 Å². The number of anilines is 1. The summed E-state index contributed by atoms with van der Waals surface area (Å²) in [5.74, 6) is -0.521. The number of pyridine rings is 1. The summed E-state index contributed by atoms with van der Waals surface area (Å²) < 4.78 is 6.20. The first kappa shape index (κ1) is 16.2. The average Bonchev–Trinajstić information content (AvgIpc) is 2.62. The van der Waals surface area contributed by atoms with Crippen LogP contribution in [-0.4, -0.2) is 32.9 Å². The van der Waals surface area contributed by atoms with Crippen LogP contribution in [0.2, 0.25) is 0 Å². The first-order chi connectivity index (χ1) is 12.1. The molecule has 0 spiro atoms. The highest BCUT2D eigenvalue weighted by molar-refractivity contribution is 6.04. The summed E-state index contributed by atoms with van der Waals surface area (Å²) in [7, 11) is 1.46. The highest BCUT2D eigenvalue weighted by atomic mass is 16.5. The molecule has 3 aromatic rings. The van der Waals surface area contributed by atoms with Gasteiger partial charge in [-0.2, -0.15) is 9.78 Å². The van der Waals surface area contributed by atoms with Gasteiger partial charge < -0.3 is 15.2 Å². The molecule has 2 heterocycles. The maximum absolute atomic E-state index is 12.4. The van der Waals surface area contributed by atoms with E-state index in [1.165, 1.54) is 13.3 Å². The van der Waals surface area contributed by atoms with Gasteiger partial charge in [0, 0.05) is 12.3 Å². The molecule has 8 nitrogen and oxygen atoms in total. The second-order valence-corrected chi connectivity index (χ2v) is 4.97. The average molecular weight is 338 g/mol. The number of amides is 1. The molecule has 0 aliphatic rings. The van der Waals surface area contributed by atoms with Crippen molar-refractivity contribution in [1.82, 2.24) is 14.8 Å². The molecule has 2 aromatic heterocycles. The number of aromatic nitrogens is 3. The molecule has 3 rings (SSSR count). The molecule has 0 saturated carbocycles. The lowest BCUT2D eigenvalue weighted by atomic mass is 10.3. The van der Waals surface area contributed by atoms with Crippen LogP contribution in [0.15, 0.2) is 59.5 Å². The van der Waals surface area contributed by atoms with Crippen LogP contribution in [0.3, 0.4) is 0 Å². The molecule has 126 valence electrons. The van der Waals surface area contributed by atoms with Crippen molar-refractivity contribution >= 4 is 11.7 Å². The predicted molar refractivity (Wildman–Crippen MR) is 90.2 cm³/mol. The van der Waals surface area contributed by atoms with Crippen molar-refractivity contribution in [2.24, 2.45) is 0 Å². The zero-order valence-electron chi connectivity index (χ0n) is 13.2. The number of hydrogen-bond donors (Lipinski definition) is 2. The van der Waals surface area contributed by atoms with Crippen LogP contribution in [0.25, 0.3) is 5.69 Å². The summed E-state index contributed by atoms with van der Waals surface area (Å²) in [6.07, 6.45) is 1.51. The summed E-state index contributed by atoms with van der Waals surface area (Å²) in [6.45, 7) is 0. The number of rotatable bonds is 4. The van der Waals surface area contributed by atoms with E-state index in [0.29, 0.717) is 17.3 Å². The Morgan fingerprint density at radius 1 is 1.20 bits per heavy atom. The summed E-state index contributed by atoms with van der Waals surface area (Å²) in [5.41, 5.74) is -0.561. The largest absolute Gasteiger partial charge is 0.505 e. The Morgan fingerprint density at radius 3 is 2.68 bits per heavy atom. The number of carbonyl (C=O) groups is 1. The van der Waals surface area contributed by atoms with Gasteiger partial charge in [-0.25, -0.2) is 4.98 Å². The molecule has 25 heavy (non-hydrogen) atoms. The van der Waals surface area contributed by atoms with Crippen LogP contribution in [0.4, 0.5) is 5.82 Å². The first-order valence-electron chi connectivity index (χ1n) is 7.29. The first-order valence-corrected chi connectivity index (χ1v) is 7.29. The quantitative estimate of drug-likeness (QED) is 0.748. The van der Waals surface area contributed by atoms with Crippen LogP contribution >= 0.6 is 0 Å². The number of methoxy groups -OCH3 is 1. The Morgan fingerprint density at radius 2 is 1.96 bits per heavy atom. The molecule has 0 aliphatic heterocycles. The predicted octanol–water partition coefficient (Wildman–Crippen LogP) is 1.59. The van der Waals surface area contributed by atoms with E-state index in [2.05, 4.69) is 15.4 Å². The molecule has 0 aliphatic carbocycles. The van der Waals surface area contributed by atoms with E-state index in [9.17, 15) is 14.7 Å². The smallest absolute Gasteiger partial charge is 0.281 e. The Balaban J connectivity index is 2.04. The molecule has 2 N–H and O–H groups in total.